The van der Waals surface area contributed by atoms with Crippen LogP contribution in [0.3, 0.4) is 0 Å². The summed E-state index contributed by atoms with van der Waals surface area (Å²) in [6, 6.07) is 0. The summed E-state index contributed by atoms with van der Waals surface area (Å²) >= 11 is 0. The number of rotatable bonds is 1. The number of nitrogens with zero attached hydrogens (tertiary/aromatic N) is 2. The smallest absolute Gasteiger partial charge is 0.680 e. The van der Waals surface area contributed by atoms with Crippen LogP contribution in [0, 0.1) is 38.5 Å². The van der Waals surface area contributed by atoms with Crippen molar-refractivity contribution in [3.63, 3.8) is 0 Å². The van der Waals surface area contributed by atoms with E-state index in [9.17, 15) is 4.79 Å². The minimum absolute atomic E-state index is 0. The third kappa shape index (κ3) is 7.01. The summed E-state index contributed by atoms with van der Waals surface area (Å²) in [6.07, 6.45) is 4.28. The first kappa shape index (κ1) is 19.2. The molecular weight excluding hydrogens is 408 g/mol. The van der Waals surface area contributed by atoms with Crippen molar-refractivity contribution >= 4 is 5.97 Å². The number of esters is 1. The number of hydrogen-bond acceptors (Lipinski definition) is 4. The molecule has 1 rings (SSSR count). The van der Waals surface area contributed by atoms with E-state index in [0.717, 1.165) is 0 Å². The molecule has 0 saturated heterocycles. The maximum absolute atomic E-state index is 10.7. The van der Waals surface area contributed by atoms with Crippen LogP contribution in [0.25, 0.3) is 5.73 Å². The van der Waals surface area contributed by atoms with Crippen molar-refractivity contribution in [3.05, 3.63) is 37.4 Å². The molecule has 0 aliphatic rings. The van der Waals surface area contributed by atoms with Gasteiger partial charge in [-0.1, -0.05) is 0 Å². The number of nitrogens with one attached hydrogen (secondary N) is 1. The van der Waals surface area contributed by atoms with Gasteiger partial charge in [0.05, 0.1) is 13.3 Å². The van der Waals surface area contributed by atoms with E-state index in [1.807, 2.05) is 0 Å². The number of carbonyl (C=O) groups is 1. The Morgan fingerprint density at radius 2 is 2.00 bits per heavy atom. The largest absolute Gasteiger partial charge is 2.00 e. The number of hydrogen-bond donors (Lipinski definition) is 0. The molecule has 0 atom stereocenters. The van der Waals surface area contributed by atoms with Gasteiger partial charge in [0.1, 0.15) is 0 Å². The van der Waals surface area contributed by atoms with E-state index in [2.05, 4.69) is 14.7 Å². The second-order valence-electron chi connectivity index (χ2n) is 1.58. The summed E-state index contributed by atoms with van der Waals surface area (Å²) in [5.41, 5.74) is 5.98. The zero-order valence-electron chi connectivity index (χ0n) is 8.44. The van der Waals surface area contributed by atoms with Crippen molar-refractivity contribution < 1.29 is 40.6 Å². The predicted molar refractivity (Wildman–Crippen MR) is 50.0 cm³/mol. The molecule has 0 bridgehead atoms. The molecule has 0 unspecified atom stereocenters. The maximum Gasteiger partial charge on any atom is 2.00 e. The molecule has 5 nitrogen and oxygen atoms in total. The van der Waals surface area contributed by atoms with Crippen LogP contribution in [0.1, 0.15) is 10.5 Å². The fourth-order valence-electron chi connectivity index (χ4n) is 0.509. The zero-order chi connectivity index (χ0) is 9.40. The molecule has 0 aliphatic carbocycles. The van der Waals surface area contributed by atoms with Gasteiger partial charge in [-0.25, -0.2) is 9.78 Å². The molecule has 0 fully saturated rings. The van der Waals surface area contributed by atoms with E-state index in [1.165, 1.54) is 32.7 Å². The molecular formula is C8H13N3O2U. The van der Waals surface area contributed by atoms with Crippen molar-refractivity contribution in [2.24, 2.45) is 0 Å². The van der Waals surface area contributed by atoms with Crippen LogP contribution < -0.4 is 0 Å². The minimum Gasteiger partial charge on any atom is -0.680 e. The summed E-state index contributed by atoms with van der Waals surface area (Å²) in [6.45, 7) is 0. The van der Waals surface area contributed by atoms with Gasteiger partial charge in [0, 0.05) is 12.4 Å². The first-order valence-corrected chi connectivity index (χ1v) is 3.19. The molecule has 0 aromatic carbocycles. The first-order chi connectivity index (χ1) is 5.84. The minimum atomic E-state index is -0.465. The van der Waals surface area contributed by atoms with Crippen LogP contribution >= 0.6 is 0 Å². The Morgan fingerprint density at radius 3 is 2.36 bits per heavy atom. The Bertz CT molecular complexity index is 231. The van der Waals surface area contributed by atoms with Gasteiger partial charge in [0.15, 0.2) is 5.69 Å². The monoisotopic (exact) mass is 421 g/mol. The van der Waals surface area contributed by atoms with Crippen molar-refractivity contribution in [3.8, 4) is 0 Å². The Hall–Kier alpha value is -0.438. The average molecular weight is 421 g/mol. The molecule has 76 valence electrons. The second kappa shape index (κ2) is 12.6. The molecule has 1 aromatic rings. The van der Waals surface area contributed by atoms with Crippen LogP contribution in [0.15, 0.2) is 18.6 Å². The molecule has 0 aliphatic heterocycles. The van der Waals surface area contributed by atoms with Gasteiger partial charge in [-0.15, -0.1) is 0 Å². The quantitative estimate of drug-likeness (QED) is 0.507. The van der Waals surface area contributed by atoms with Gasteiger partial charge >= 0.3 is 37.1 Å². The second-order valence-corrected chi connectivity index (χ2v) is 1.58. The summed E-state index contributed by atoms with van der Waals surface area (Å²) < 4.78 is 4.39. The van der Waals surface area contributed by atoms with E-state index in [4.69, 9.17) is 5.73 Å². The average Bonchev–Trinajstić information content (AvgIpc) is 2.21. The van der Waals surface area contributed by atoms with Crippen molar-refractivity contribution in [1.82, 2.24) is 9.97 Å². The Kier molecular flexibility index (Phi) is 17.2. The van der Waals surface area contributed by atoms with Gasteiger partial charge in [0.25, 0.3) is 0 Å². The molecule has 1 heterocycles. The van der Waals surface area contributed by atoms with Crippen LogP contribution in [0.5, 0.6) is 0 Å². The third-order valence-electron chi connectivity index (χ3n) is 0.958. The molecule has 6 heteroatoms. The summed E-state index contributed by atoms with van der Waals surface area (Å²) in [4.78, 5) is 18.1. The fraction of sp³-hybridized carbons (Fsp3) is 0.250. The fourth-order valence-corrected chi connectivity index (χ4v) is 0.509. The number of methoxy groups -OCH3 is 1. The number of ether oxygens (including phenoxy) is 1. The van der Waals surface area contributed by atoms with Crippen molar-refractivity contribution in [2.75, 3.05) is 14.2 Å². The summed E-state index contributed by atoms with van der Waals surface area (Å²) in [7, 11) is 2.55. The van der Waals surface area contributed by atoms with Gasteiger partial charge in [-0.2, -0.15) is 7.05 Å². The van der Waals surface area contributed by atoms with Crippen LogP contribution in [0.2, 0.25) is 0 Å². The molecule has 0 radical (unpaired) electrons. The van der Waals surface area contributed by atoms with E-state index in [1.54, 1.807) is 0 Å². The topological polar surface area (TPSA) is 75.9 Å². The number of aromatic nitrogens is 2. The van der Waals surface area contributed by atoms with Crippen molar-refractivity contribution in [1.29, 1.82) is 0 Å². The molecule has 0 saturated carbocycles. The molecule has 0 spiro atoms. The van der Waals surface area contributed by atoms with Crippen LogP contribution in [0.4, 0.5) is 0 Å². The summed E-state index contributed by atoms with van der Waals surface area (Å²) in [5, 5.41) is 0. The first-order valence-electron chi connectivity index (χ1n) is 3.19. The van der Waals surface area contributed by atoms with Crippen LogP contribution in [-0.4, -0.2) is 30.1 Å². The standard InChI is InChI=1S/C6H6N2O2.CH4N.CH3.U/c1-10-6(9)5-4-7-2-3-8-5;1-2;;/h2-4H,1H3;2H,1H3;1H3;/q;2*-1;+2. The van der Waals surface area contributed by atoms with Crippen LogP contribution in [-0.2, 0) is 4.74 Å². The molecule has 14 heavy (non-hydrogen) atoms. The SMILES string of the molecule is COC(=O)c1cnccn1.C[NH-].[CH3-].[U+2]. The molecule has 1 aromatic heterocycles. The van der Waals surface area contributed by atoms with E-state index in [0.29, 0.717) is 0 Å². The van der Waals surface area contributed by atoms with Gasteiger partial charge in [-0.3, -0.25) is 4.98 Å². The summed E-state index contributed by atoms with van der Waals surface area (Å²) in [5.74, 6) is -0.465. The zero-order valence-corrected chi connectivity index (χ0v) is 12.6. The third-order valence-corrected chi connectivity index (χ3v) is 0.958. The normalized spacial score (nSPS) is 6.79. The van der Waals surface area contributed by atoms with E-state index >= 15 is 0 Å². The maximum atomic E-state index is 10.7. The Labute approximate surface area is 108 Å². The van der Waals surface area contributed by atoms with Gasteiger partial charge in [0.2, 0.25) is 0 Å². The molecule has 1 N–H and O–H groups in total. The van der Waals surface area contributed by atoms with Crippen molar-refractivity contribution in [2.45, 2.75) is 0 Å². The Morgan fingerprint density at radius 1 is 1.43 bits per heavy atom. The Balaban J connectivity index is -0.000000284. The molecule has 0 amide bonds. The van der Waals surface area contributed by atoms with Gasteiger partial charge in [-0.05, 0) is 0 Å². The van der Waals surface area contributed by atoms with Gasteiger partial charge < -0.3 is 17.9 Å². The van der Waals surface area contributed by atoms with E-state index in [-0.39, 0.29) is 44.2 Å². The predicted octanol–water partition coefficient (Wildman–Crippen LogP) is 1.38. The van der Waals surface area contributed by atoms with E-state index < -0.39 is 5.97 Å². The number of carbonyl (C=O) groups excluding carboxylic acids is 1.